The first-order valence-corrected chi connectivity index (χ1v) is 30.7. The van der Waals surface area contributed by atoms with Crippen LogP contribution < -0.4 is 0 Å². The van der Waals surface area contributed by atoms with E-state index in [1.165, 1.54) is 244 Å². The molecule has 0 aliphatic heterocycles. The quantitative estimate of drug-likeness (QED) is 0.0262. The Kier molecular flexibility index (Phi) is 56.2. The Bertz CT molecular complexity index is 1060. The van der Waals surface area contributed by atoms with E-state index in [4.69, 9.17) is 14.2 Å². The van der Waals surface area contributed by atoms with Crippen molar-refractivity contribution >= 4 is 17.9 Å². The summed E-state index contributed by atoms with van der Waals surface area (Å²) < 4.78 is 16.8. The second-order valence-electron chi connectivity index (χ2n) is 21.0. The van der Waals surface area contributed by atoms with Crippen LogP contribution in [0.1, 0.15) is 348 Å². The zero-order chi connectivity index (χ0) is 49.3. The van der Waals surface area contributed by atoms with Gasteiger partial charge in [-0.2, -0.15) is 0 Å². The van der Waals surface area contributed by atoms with Gasteiger partial charge in [-0.3, -0.25) is 14.4 Å². The van der Waals surface area contributed by atoms with Crippen molar-refractivity contribution in [1.82, 2.24) is 0 Å². The second kappa shape index (κ2) is 57.7. The molecule has 0 amide bonds. The molecule has 0 aliphatic rings. The number of hydrogen-bond donors (Lipinski definition) is 0. The summed E-state index contributed by atoms with van der Waals surface area (Å²) >= 11 is 0. The average molecular weight is 960 g/mol. The molecule has 0 N–H and O–H groups in total. The van der Waals surface area contributed by atoms with Crippen molar-refractivity contribution in [3.63, 3.8) is 0 Å². The molecule has 1 atom stereocenters. The minimum absolute atomic E-state index is 0.0683. The zero-order valence-corrected chi connectivity index (χ0v) is 46.2. The molecule has 6 heteroatoms. The molecule has 402 valence electrons. The van der Waals surface area contributed by atoms with Crippen LogP contribution >= 0.6 is 0 Å². The highest BCUT2D eigenvalue weighted by molar-refractivity contribution is 5.71. The molecule has 0 fully saturated rings. The molecule has 0 radical (unpaired) electrons. The minimum Gasteiger partial charge on any atom is -0.462 e. The summed E-state index contributed by atoms with van der Waals surface area (Å²) in [6.45, 7) is 6.63. The van der Waals surface area contributed by atoms with E-state index in [0.717, 1.165) is 64.2 Å². The summed E-state index contributed by atoms with van der Waals surface area (Å²) in [5.74, 6) is -0.863. The maximum atomic E-state index is 12.8. The smallest absolute Gasteiger partial charge is 0.306 e. The van der Waals surface area contributed by atoms with Gasteiger partial charge in [0.05, 0.1) is 0 Å². The van der Waals surface area contributed by atoms with Gasteiger partial charge in [0.25, 0.3) is 0 Å². The van der Waals surface area contributed by atoms with E-state index >= 15 is 0 Å². The lowest BCUT2D eigenvalue weighted by Crippen LogP contribution is -2.30. The molecule has 0 aromatic carbocycles. The topological polar surface area (TPSA) is 78.9 Å². The van der Waals surface area contributed by atoms with E-state index in [0.29, 0.717) is 19.3 Å². The summed E-state index contributed by atoms with van der Waals surface area (Å²) in [6.07, 6.45) is 66.9. The van der Waals surface area contributed by atoms with E-state index in [1.807, 2.05) is 0 Å². The highest BCUT2D eigenvalue weighted by atomic mass is 16.6. The molecule has 0 saturated heterocycles. The van der Waals surface area contributed by atoms with Gasteiger partial charge >= 0.3 is 17.9 Å². The van der Waals surface area contributed by atoms with Crippen LogP contribution in [0.15, 0.2) is 12.2 Å². The molecule has 0 aliphatic carbocycles. The number of carbonyl (C=O) groups is 3. The molecule has 6 nitrogen and oxygen atoms in total. The van der Waals surface area contributed by atoms with Crippen molar-refractivity contribution in [2.75, 3.05) is 13.2 Å². The first kappa shape index (κ1) is 66.2. The molecular formula is C62H118O6. The number of ether oxygens (including phenoxy) is 3. The average Bonchev–Trinajstić information content (AvgIpc) is 3.34. The molecule has 0 aromatic heterocycles. The largest absolute Gasteiger partial charge is 0.462 e. The van der Waals surface area contributed by atoms with E-state index in [1.54, 1.807) is 0 Å². The number of carbonyl (C=O) groups excluding carboxylic acids is 3. The lowest BCUT2D eigenvalue weighted by molar-refractivity contribution is -0.167. The van der Waals surface area contributed by atoms with E-state index in [-0.39, 0.29) is 31.1 Å². The van der Waals surface area contributed by atoms with Crippen molar-refractivity contribution in [2.45, 2.75) is 354 Å². The molecule has 0 heterocycles. The summed E-state index contributed by atoms with van der Waals surface area (Å²) in [4.78, 5) is 37.9. The number of hydrogen-bond acceptors (Lipinski definition) is 6. The SMILES string of the molecule is CCCCCCC/C=C\CCCCCCCC(=O)OC(COC(=O)CCCCCCCCC)COC(=O)CCCCCCCCCCCCCCCCCCCCCCCCCCCCCCC. The second-order valence-corrected chi connectivity index (χ2v) is 21.0. The van der Waals surface area contributed by atoms with Gasteiger partial charge in [0.2, 0.25) is 0 Å². The monoisotopic (exact) mass is 959 g/mol. The number of esters is 3. The Morgan fingerprint density at radius 3 is 0.735 bits per heavy atom. The summed E-state index contributed by atoms with van der Waals surface area (Å²) in [5, 5.41) is 0. The van der Waals surface area contributed by atoms with Gasteiger partial charge < -0.3 is 14.2 Å². The predicted octanol–water partition coefficient (Wildman–Crippen LogP) is 20.5. The maximum absolute atomic E-state index is 12.8. The Hall–Kier alpha value is -1.85. The molecule has 68 heavy (non-hydrogen) atoms. The first-order valence-electron chi connectivity index (χ1n) is 30.7. The number of rotatable bonds is 57. The van der Waals surface area contributed by atoms with E-state index in [9.17, 15) is 14.4 Å². The van der Waals surface area contributed by atoms with Crippen molar-refractivity contribution in [1.29, 1.82) is 0 Å². The standard InChI is InChI=1S/C62H118O6/c1-4-7-10-13-16-18-20-22-24-25-26-27-28-29-30-31-32-33-34-35-36-37-38-40-41-43-46-49-52-55-61(64)67-58-59(57-66-60(63)54-51-48-45-15-12-9-6-3)68-62(65)56-53-50-47-44-42-39-23-21-19-17-14-11-8-5-2/h21,23,59H,4-20,22,24-58H2,1-3H3/b23-21-. The highest BCUT2D eigenvalue weighted by Crippen LogP contribution is 2.18. The summed E-state index contributed by atoms with van der Waals surface area (Å²) in [5.41, 5.74) is 0. The predicted molar refractivity (Wildman–Crippen MR) is 293 cm³/mol. The molecule has 0 saturated carbocycles. The number of allylic oxidation sites excluding steroid dienone is 2. The van der Waals surface area contributed by atoms with Crippen molar-refractivity contribution < 1.29 is 28.6 Å². The van der Waals surface area contributed by atoms with Gasteiger partial charge in [-0.1, -0.05) is 296 Å². The van der Waals surface area contributed by atoms with E-state index < -0.39 is 6.10 Å². The Labute approximate surface area is 424 Å². The van der Waals surface area contributed by atoms with Gasteiger partial charge in [-0.15, -0.1) is 0 Å². The third kappa shape index (κ3) is 55.1. The van der Waals surface area contributed by atoms with Crippen LogP contribution in [0, 0.1) is 0 Å². The van der Waals surface area contributed by atoms with Crippen molar-refractivity contribution in [3.05, 3.63) is 12.2 Å². The fourth-order valence-corrected chi connectivity index (χ4v) is 9.38. The lowest BCUT2D eigenvalue weighted by atomic mass is 10.0. The van der Waals surface area contributed by atoms with Crippen LogP contribution in [0.2, 0.25) is 0 Å². The zero-order valence-electron chi connectivity index (χ0n) is 46.2. The van der Waals surface area contributed by atoms with Crippen LogP contribution in [0.4, 0.5) is 0 Å². The Morgan fingerprint density at radius 2 is 0.485 bits per heavy atom. The molecular weight excluding hydrogens is 841 g/mol. The third-order valence-corrected chi connectivity index (χ3v) is 14.0. The fraction of sp³-hybridized carbons (Fsp3) is 0.919. The lowest BCUT2D eigenvalue weighted by Gasteiger charge is -2.18. The summed E-state index contributed by atoms with van der Waals surface area (Å²) in [6, 6.07) is 0. The van der Waals surface area contributed by atoms with Gasteiger partial charge in [0.15, 0.2) is 6.10 Å². The van der Waals surface area contributed by atoms with Gasteiger partial charge in [0.1, 0.15) is 13.2 Å². The maximum Gasteiger partial charge on any atom is 0.306 e. The van der Waals surface area contributed by atoms with Gasteiger partial charge in [0, 0.05) is 19.3 Å². The fourth-order valence-electron chi connectivity index (χ4n) is 9.38. The van der Waals surface area contributed by atoms with Crippen molar-refractivity contribution in [3.8, 4) is 0 Å². The van der Waals surface area contributed by atoms with Crippen molar-refractivity contribution in [2.24, 2.45) is 0 Å². The number of unbranched alkanes of at least 4 members (excludes halogenated alkanes) is 44. The van der Waals surface area contributed by atoms with Crippen LogP contribution in [-0.2, 0) is 28.6 Å². The van der Waals surface area contributed by atoms with Crippen LogP contribution in [0.5, 0.6) is 0 Å². The van der Waals surface area contributed by atoms with E-state index in [2.05, 4.69) is 32.9 Å². The molecule has 0 rings (SSSR count). The first-order chi connectivity index (χ1) is 33.5. The molecule has 1 unspecified atom stereocenters. The van der Waals surface area contributed by atoms with Crippen LogP contribution in [0.25, 0.3) is 0 Å². The normalized spacial score (nSPS) is 12.0. The Morgan fingerprint density at radius 1 is 0.279 bits per heavy atom. The molecule has 0 bridgehead atoms. The van der Waals surface area contributed by atoms with Gasteiger partial charge in [-0.25, -0.2) is 0 Å². The summed E-state index contributed by atoms with van der Waals surface area (Å²) in [7, 11) is 0. The molecule has 0 aromatic rings. The Balaban J connectivity index is 3.98. The third-order valence-electron chi connectivity index (χ3n) is 14.0. The van der Waals surface area contributed by atoms with Crippen LogP contribution in [0.3, 0.4) is 0 Å². The molecule has 0 spiro atoms. The van der Waals surface area contributed by atoms with Gasteiger partial charge in [-0.05, 0) is 44.9 Å². The minimum atomic E-state index is -0.767. The highest BCUT2D eigenvalue weighted by Gasteiger charge is 2.19. The van der Waals surface area contributed by atoms with Crippen LogP contribution in [-0.4, -0.2) is 37.2 Å².